The van der Waals surface area contributed by atoms with Crippen molar-refractivity contribution in [3.05, 3.63) is 0 Å². The third kappa shape index (κ3) is 8.00. The van der Waals surface area contributed by atoms with Crippen molar-refractivity contribution in [2.45, 2.75) is 25.9 Å². The molecule has 1 fully saturated rings. The van der Waals surface area contributed by atoms with Gasteiger partial charge in [0.2, 0.25) is 0 Å². The van der Waals surface area contributed by atoms with E-state index in [1.54, 1.807) is 14.2 Å². The second-order valence-electron chi connectivity index (χ2n) is 3.28. The van der Waals surface area contributed by atoms with Crippen LogP contribution in [0.1, 0.15) is 13.8 Å². The predicted molar refractivity (Wildman–Crippen MR) is 49.1 cm³/mol. The van der Waals surface area contributed by atoms with Crippen molar-refractivity contribution in [3.63, 3.8) is 0 Å². The Labute approximate surface area is 70.9 Å². The van der Waals surface area contributed by atoms with Crippen LogP contribution in [0.3, 0.4) is 0 Å². The van der Waals surface area contributed by atoms with E-state index in [0.717, 1.165) is 0 Å². The minimum atomic E-state index is -1.16. The fourth-order valence-electron chi connectivity index (χ4n) is 0.273. The molecule has 0 aliphatic carbocycles. The third-order valence-corrected chi connectivity index (χ3v) is 2.88. The molecular weight excluding hydrogens is 158 g/mol. The molecule has 0 aromatic rings. The van der Waals surface area contributed by atoms with Gasteiger partial charge in [-0.3, -0.25) is 0 Å². The minimum Gasteiger partial charge on any atom is -0.400 e. The van der Waals surface area contributed by atoms with Gasteiger partial charge >= 0.3 is 9.28 Å². The molecule has 11 heavy (non-hydrogen) atoms. The van der Waals surface area contributed by atoms with Gasteiger partial charge in [0.05, 0.1) is 0 Å². The SMILES string of the molecule is CC1(C)CN1.CO[SiH](C)OC. The average Bonchev–Trinajstić information content (AvgIpc) is 2.65. The van der Waals surface area contributed by atoms with Gasteiger partial charge in [-0.05, 0) is 20.4 Å². The van der Waals surface area contributed by atoms with E-state index < -0.39 is 9.28 Å². The summed E-state index contributed by atoms with van der Waals surface area (Å²) in [5, 5.41) is 3.17. The fourth-order valence-corrected chi connectivity index (χ4v) is 0.465. The van der Waals surface area contributed by atoms with E-state index in [1.165, 1.54) is 6.54 Å². The molecule has 3 nitrogen and oxygen atoms in total. The summed E-state index contributed by atoms with van der Waals surface area (Å²) >= 11 is 0. The summed E-state index contributed by atoms with van der Waals surface area (Å²) in [6, 6.07) is 0. The van der Waals surface area contributed by atoms with E-state index in [1.807, 2.05) is 6.55 Å². The van der Waals surface area contributed by atoms with E-state index in [-0.39, 0.29) is 0 Å². The van der Waals surface area contributed by atoms with Gasteiger partial charge in [0, 0.05) is 26.3 Å². The van der Waals surface area contributed by atoms with Crippen LogP contribution in [-0.4, -0.2) is 35.6 Å². The summed E-state index contributed by atoms with van der Waals surface area (Å²) in [5.41, 5.74) is 0.500. The van der Waals surface area contributed by atoms with Gasteiger partial charge in [-0.25, -0.2) is 0 Å². The summed E-state index contributed by atoms with van der Waals surface area (Å²) in [6.45, 7) is 7.55. The standard InChI is InChI=1S/C4H9N.C3H10O2Si/c1-4(2)3-5-4;1-4-6(3)5-2/h5H,3H2,1-2H3;6H,1-3H3. The van der Waals surface area contributed by atoms with Crippen molar-refractivity contribution >= 4 is 9.28 Å². The summed E-state index contributed by atoms with van der Waals surface area (Å²) in [6.07, 6.45) is 0. The lowest BCUT2D eigenvalue weighted by Crippen LogP contribution is -2.12. The van der Waals surface area contributed by atoms with E-state index in [9.17, 15) is 0 Å². The maximum Gasteiger partial charge on any atom is 0.317 e. The van der Waals surface area contributed by atoms with Crippen LogP contribution in [0.15, 0.2) is 0 Å². The molecule has 1 N–H and O–H groups in total. The lowest BCUT2D eigenvalue weighted by molar-refractivity contribution is 0.285. The first-order valence-electron chi connectivity index (χ1n) is 3.82. The number of nitrogens with one attached hydrogen (secondary N) is 1. The molecule has 1 rings (SSSR count). The van der Waals surface area contributed by atoms with Gasteiger partial charge in [0.15, 0.2) is 0 Å². The van der Waals surface area contributed by atoms with Gasteiger partial charge in [-0.2, -0.15) is 0 Å². The lowest BCUT2D eigenvalue weighted by atomic mass is 10.3. The molecule has 0 bridgehead atoms. The minimum absolute atomic E-state index is 0.500. The Bertz CT molecular complexity index is 98.6. The molecule has 0 radical (unpaired) electrons. The fraction of sp³-hybridized carbons (Fsp3) is 1.00. The van der Waals surface area contributed by atoms with E-state index >= 15 is 0 Å². The first-order valence-corrected chi connectivity index (χ1v) is 5.92. The highest BCUT2D eigenvalue weighted by Crippen LogP contribution is 2.11. The Morgan fingerprint density at radius 2 is 1.55 bits per heavy atom. The normalized spacial score (nSPS) is 19.1. The monoisotopic (exact) mass is 177 g/mol. The summed E-state index contributed by atoms with van der Waals surface area (Å²) in [7, 11) is 2.17. The van der Waals surface area contributed by atoms with Crippen LogP contribution in [0.2, 0.25) is 6.55 Å². The van der Waals surface area contributed by atoms with Gasteiger partial charge < -0.3 is 14.2 Å². The zero-order valence-corrected chi connectivity index (χ0v) is 9.26. The van der Waals surface area contributed by atoms with E-state index in [0.29, 0.717) is 5.54 Å². The van der Waals surface area contributed by atoms with E-state index in [2.05, 4.69) is 19.2 Å². The first-order chi connectivity index (χ1) is 5.02. The zero-order valence-electron chi connectivity index (χ0n) is 8.10. The quantitative estimate of drug-likeness (QED) is 0.493. The van der Waals surface area contributed by atoms with Crippen LogP contribution in [0.4, 0.5) is 0 Å². The highest BCUT2D eigenvalue weighted by molar-refractivity contribution is 6.42. The highest BCUT2D eigenvalue weighted by atomic mass is 28.3. The third-order valence-electron chi connectivity index (χ3n) is 1.55. The van der Waals surface area contributed by atoms with Crippen molar-refractivity contribution < 1.29 is 8.85 Å². The number of hydrogen-bond acceptors (Lipinski definition) is 3. The molecule has 1 aliphatic rings. The molecule has 0 atom stereocenters. The molecule has 1 heterocycles. The van der Waals surface area contributed by atoms with E-state index in [4.69, 9.17) is 8.85 Å². The van der Waals surface area contributed by atoms with Gasteiger partial charge in [-0.1, -0.05) is 0 Å². The van der Waals surface area contributed by atoms with Crippen LogP contribution in [0, 0.1) is 0 Å². The summed E-state index contributed by atoms with van der Waals surface area (Å²) in [5.74, 6) is 0. The Morgan fingerprint density at radius 3 is 1.55 bits per heavy atom. The molecule has 0 saturated carbocycles. The summed E-state index contributed by atoms with van der Waals surface area (Å²) < 4.78 is 9.63. The maximum atomic E-state index is 4.82. The molecule has 4 heteroatoms. The molecule has 0 amide bonds. The predicted octanol–water partition coefficient (Wildman–Crippen LogP) is 0.498. The van der Waals surface area contributed by atoms with Gasteiger partial charge in [0.1, 0.15) is 0 Å². The Morgan fingerprint density at radius 1 is 1.27 bits per heavy atom. The molecular formula is C7H19NO2Si. The molecule has 0 aromatic heterocycles. The van der Waals surface area contributed by atoms with Crippen molar-refractivity contribution in [2.75, 3.05) is 20.8 Å². The Kier molecular flexibility index (Phi) is 4.91. The Balaban J connectivity index is 0.000000183. The number of rotatable bonds is 2. The second kappa shape index (κ2) is 4.87. The molecule has 0 spiro atoms. The van der Waals surface area contributed by atoms with Crippen molar-refractivity contribution in [3.8, 4) is 0 Å². The second-order valence-corrected chi connectivity index (χ2v) is 5.35. The molecule has 1 saturated heterocycles. The van der Waals surface area contributed by atoms with Crippen LogP contribution in [-0.2, 0) is 8.85 Å². The molecule has 68 valence electrons. The van der Waals surface area contributed by atoms with Crippen LogP contribution >= 0.6 is 0 Å². The van der Waals surface area contributed by atoms with Crippen LogP contribution in [0.25, 0.3) is 0 Å². The molecule has 0 aromatic carbocycles. The van der Waals surface area contributed by atoms with Gasteiger partial charge in [0.25, 0.3) is 0 Å². The van der Waals surface area contributed by atoms with Crippen LogP contribution in [0.5, 0.6) is 0 Å². The molecule has 1 aliphatic heterocycles. The molecule has 0 unspecified atom stereocenters. The summed E-state index contributed by atoms with van der Waals surface area (Å²) in [4.78, 5) is 0. The smallest absolute Gasteiger partial charge is 0.317 e. The van der Waals surface area contributed by atoms with Crippen molar-refractivity contribution in [1.29, 1.82) is 0 Å². The largest absolute Gasteiger partial charge is 0.400 e. The topological polar surface area (TPSA) is 40.4 Å². The zero-order chi connectivity index (χ0) is 8.91. The average molecular weight is 177 g/mol. The van der Waals surface area contributed by atoms with Crippen LogP contribution < -0.4 is 5.32 Å². The Hall–Kier alpha value is 0.0969. The van der Waals surface area contributed by atoms with Gasteiger partial charge in [-0.15, -0.1) is 0 Å². The number of hydrogen-bond donors (Lipinski definition) is 1. The lowest BCUT2D eigenvalue weighted by Gasteiger charge is -2.00. The van der Waals surface area contributed by atoms with Crippen molar-refractivity contribution in [2.24, 2.45) is 0 Å². The highest BCUT2D eigenvalue weighted by Gasteiger charge is 2.29. The van der Waals surface area contributed by atoms with Crippen molar-refractivity contribution in [1.82, 2.24) is 5.32 Å². The first kappa shape index (κ1) is 11.1. The maximum absolute atomic E-state index is 4.82.